The fraction of sp³-hybridized carbons (Fsp3) is 0.400. The van der Waals surface area contributed by atoms with Crippen LogP contribution in [-0.4, -0.2) is 54.6 Å². The van der Waals surface area contributed by atoms with E-state index in [-0.39, 0.29) is 24.0 Å². The Morgan fingerprint density at radius 2 is 1.76 bits per heavy atom. The zero-order valence-corrected chi connectivity index (χ0v) is 21.5. The highest BCUT2D eigenvalue weighted by atomic mass is 32.1. The van der Waals surface area contributed by atoms with Crippen LogP contribution >= 0.6 is 11.3 Å². The first-order valence-electron chi connectivity index (χ1n) is 11.2. The second-order valence-electron chi connectivity index (χ2n) is 7.96. The summed E-state index contributed by atoms with van der Waals surface area (Å²) in [6, 6.07) is 5.77. The number of hydrogen-bond donors (Lipinski definition) is 1. The van der Waals surface area contributed by atoms with Crippen LogP contribution in [0.5, 0.6) is 5.75 Å². The Kier molecular flexibility index (Phi) is 7.66. The lowest BCUT2D eigenvalue weighted by atomic mass is 10.1. The number of esters is 1. The van der Waals surface area contributed by atoms with Crippen LogP contribution in [0.4, 0.5) is 5.00 Å². The van der Waals surface area contributed by atoms with E-state index in [1.54, 1.807) is 27.9 Å². The predicted octanol–water partition coefficient (Wildman–Crippen LogP) is 4.87. The lowest BCUT2D eigenvalue weighted by Crippen LogP contribution is -2.21. The highest BCUT2D eigenvalue weighted by molar-refractivity contribution is 7.18. The van der Waals surface area contributed by atoms with Crippen LogP contribution in [0.3, 0.4) is 0 Å². The first-order valence-corrected chi connectivity index (χ1v) is 12.1. The molecule has 9 heteroatoms. The van der Waals surface area contributed by atoms with Gasteiger partial charge in [0.2, 0.25) is 0 Å². The average Bonchev–Trinajstić information content (AvgIpc) is 3.26. The van der Waals surface area contributed by atoms with Gasteiger partial charge in [-0.15, -0.1) is 11.3 Å². The van der Waals surface area contributed by atoms with Gasteiger partial charge in [-0.25, -0.2) is 4.79 Å². The third-order valence-corrected chi connectivity index (χ3v) is 6.78. The van der Waals surface area contributed by atoms with Crippen molar-refractivity contribution in [3.8, 4) is 5.75 Å². The average molecular weight is 486 g/mol. The Morgan fingerprint density at radius 3 is 2.35 bits per heavy atom. The topological polar surface area (TPSA) is 89.9 Å². The second kappa shape index (κ2) is 10.3. The van der Waals surface area contributed by atoms with E-state index in [4.69, 9.17) is 9.47 Å². The molecule has 8 nitrogen and oxygen atoms in total. The monoisotopic (exact) mass is 485 g/mol. The molecule has 3 rings (SSSR count). The van der Waals surface area contributed by atoms with Gasteiger partial charge in [-0.3, -0.25) is 9.59 Å². The maximum absolute atomic E-state index is 13.5. The molecule has 2 heterocycles. The number of thiophene rings is 1. The van der Waals surface area contributed by atoms with E-state index in [9.17, 15) is 14.4 Å². The number of nitrogens with one attached hydrogen (secondary N) is 1. The number of carbonyl (C=O) groups is 3. The standard InChI is InChI=1S/C25H31N3O5S/c1-8-28-18-12-11-16(32-9-2)13-17(18)14(4)20(28)22(29)26-23-19(25(31)33-10-3)15(5)21(34-23)24(30)27(6)7/h11-13H,8-10H2,1-7H3,(H,26,29). The minimum Gasteiger partial charge on any atom is -0.494 e. The first kappa shape index (κ1) is 25.3. The summed E-state index contributed by atoms with van der Waals surface area (Å²) in [7, 11) is 3.28. The van der Waals surface area contributed by atoms with E-state index in [2.05, 4.69) is 5.32 Å². The fourth-order valence-corrected chi connectivity index (χ4v) is 5.21. The number of aryl methyl sites for hydroxylation is 2. The summed E-state index contributed by atoms with van der Waals surface area (Å²) in [4.78, 5) is 40.8. The molecular weight excluding hydrogens is 454 g/mol. The molecule has 182 valence electrons. The highest BCUT2D eigenvalue weighted by Gasteiger charge is 2.29. The molecule has 2 aromatic heterocycles. The third-order valence-electron chi connectivity index (χ3n) is 5.58. The van der Waals surface area contributed by atoms with E-state index in [0.717, 1.165) is 33.6 Å². The number of amides is 2. The zero-order valence-electron chi connectivity index (χ0n) is 20.7. The largest absolute Gasteiger partial charge is 0.494 e. The summed E-state index contributed by atoms with van der Waals surface area (Å²) < 4.78 is 12.8. The number of aromatic nitrogens is 1. The molecule has 0 aliphatic heterocycles. The van der Waals surface area contributed by atoms with Crippen molar-refractivity contribution < 1.29 is 23.9 Å². The van der Waals surface area contributed by atoms with E-state index in [1.807, 2.05) is 43.5 Å². The third kappa shape index (κ3) is 4.52. The van der Waals surface area contributed by atoms with Gasteiger partial charge in [0.25, 0.3) is 11.8 Å². The maximum atomic E-state index is 13.5. The maximum Gasteiger partial charge on any atom is 0.341 e. The smallest absolute Gasteiger partial charge is 0.341 e. The van der Waals surface area contributed by atoms with Crippen LogP contribution in [0.15, 0.2) is 18.2 Å². The van der Waals surface area contributed by atoms with Crippen LogP contribution in [0.1, 0.15) is 62.4 Å². The van der Waals surface area contributed by atoms with Crippen molar-refractivity contribution >= 4 is 45.0 Å². The van der Waals surface area contributed by atoms with Crippen LogP contribution in [0, 0.1) is 13.8 Å². The molecule has 0 spiro atoms. The van der Waals surface area contributed by atoms with Gasteiger partial charge in [0, 0.05) is 31.5 Å². The lowest BCUT2D eigenvalue weighted by molar-refractivity contribution is 0.0527. The van der Waals surface area contributed by atoms with Crippen molar-refractivity contribution in [2.75, 3.05) is 32.6 Å². The van der Waals surface area contributed by atoms with E-state index in [0.29, 0.717) is 34.3 Å². The normalized spacial score (nSPS) is 10.9. The molecule has 0 aliphatic rings. The summed E-state index contributed by atoms with van der Waals surface area (Å²) in [5.74, 6) is -0.429. The van der Waals surface area contributed by atoms with E-state index < -0.39 is 5.97 Å². The first-order chi connectivity index (χ1) is 16.2. The quantitative estimate of drug-likeness (QED) is 0.460. The van der Waals surface area contributed by atoms with Crippen molar-refractivity contribution in [3.05, 3.63) is 45.5 Å². The molecule has 1 N–H and O–H groups in total. The molecule has 0 aliphatic carbocycles. The van der Waals surface area contributed by atoms with Gasteiger partial charge in [-0.1, -0.05) is 0 Å². The molecule has 0 bridgehead atoms. The van der Waals surface area contributed by atoms with Crippen molar-refractivity contribution in [2.24, 2.45) is 0 Å². The summed E-state index contributed by atoms with van der Waals surface area (Å²) in [5, 5.41) is 4.12. The molecule has 0 unspecified atom stereocenters. The lowest BCUT2D eigenvalue weighted by Gasteiger charge is -2.10. The fourth-order valence-electron chi connectivity index (χ4n) is 4.00. The molecule has 0 saturated heterocycles. The molecular formula is C25H31N3O5S. The van der Waals surface area contributed by atoms with Crippen LogP contribution in [0.2, 0.25) is 0 Å². The van der Waals surface area contributed by atoms with Gasteiger partial charge in [0.1, 0.15) is 16.4 Å². The van der Waals surface area contributed by atoms with Gasteiger partial charge in [0.15, 0.2) is 0 Å². The Labute approximate surface area is 203 Å². The second-order valence-corrected chi connectivity index (χ2v) is 8.98. The Hall–Kier alpha value is -3.33. The summed E-state index contributed by atoms with van der Waals surface area (Å²) >= 11 is 1.08. The number of fused-ring (bicyclic) bond motifs is 1. The molecule has 0 radical (unpaired) electrons. The van der Waals surface area contributed by atoms with Crippen molar-refractivity contribution in [1.82, 2.24) is 9.47 Å². The van der Waals surface area contributed by atoms with Gasteiger partial charge in [0.05, 0.1) is 23.7 Å². The van der Waals surface area contributed by atoms with Gasteiger partial charge >= 0.3 is 5.97 Å². The molecule has 34 heavy (non-hydrogen) atoms. The van der Waals surface area contributed by atoms with Gasteiger partial charge in [-0.05, 0) is 63.9 Å². The molecule has 0 saturated carbocycles. The predicted molar refractivity (Wildman–Crippen MR) is 135 cm³/mol. The Balaban J connectivity index is 2.10. The Morgan fingerprint density at radius 1 is 1.06 bits per heavy atom. The van der Waals surface area contributed by atoms with Crippen LogP contribution in [-0.2, 0) is 11.3 Å². The summed E-state index contributed by atoms with van der Waals surface area (Å²) in [5.41, 5.74) is 2.93. The number of hydrogen-bond acceptors (Lipinski definition) is 6. The van der Waals surface area contributed by atoms with Gasteiger partial charge < -0.3 is 24.3 Å². The number of rotatable bonds is 8. The SMILES string of the molecule is CCOC(=O)c1c(NC(=O)c2c(C)c3cc(OCC)ccc3n2CC)sc(C(=O)N(C)C)c1C. The summed E-state index contributed by atoms with van der Waals surface area (Å²) in [6.07, 6.45) is 0. The number of carbonyl (C=O) groups excluding carboxylic acids is 3. The number of benzene rings is 1. The highest BCUT2D eigenvalue weighted by Crippen LogP contribution is 2.36. The zero-order chi connectivity index (χ0) is 25.2. The van der Waals surface area contributed by atoms with Crippen LogP contribution < -0.4 is 10.1 Å². The van der Waals surface area contributed by atoms with Crippen molar-refractivity contribution in [1.29, 1.82) is 0 Å². The van der Waals surface area contributed by atoms with Crippen molar-refractivity contribution in [2.45, 2.75) is 41.2 Å². The van der Waals surface area contributed by atoms with Gasteiger partial charge in [-0.2, -0.15) is 0 Å². The van der Waals surface area contributed by atoms with E-state index in [1.165, 1.54) is 4.90 Å². The molecule has 2 amide bonds. The number of ether oxygens (including phenoxy) is 2. The number of anilines is 1. The Bertz CT molecular complexity index is 1260. The molecule has 0 fully saturated rings. The molecule has 3 aromatic rings. The molecule has 1 aromatic carbocycles. The minimum absolute atomic E-state index is 0.184. The van der Waals surface area contributed by atoms with Crippen LogP contribution in [0.25, 0.3) is 10.9 Å². The van der Waals surface area contributed by atoms with Crippen molar-refractivity contribution in [3.63, 3.8) is 0 Å². The molecule has 0 atom stereocenters. The van der Waals surface area contributed by atoms with E-state index >= 15 is 0 Å². The summed E-state index contributed by atoms with van der Waals surface area (Å²) in [6.45, 7) is 10.5. The number of nitrogens with zero attached hydrogens (tertiary/aromatic N) is 2. The minimum atomic E-state index is -0.571.